The van der Waals surface area contributed by atoms with Crippen molar-refractivity contribution >= 4 is 0 Å². The Bertz CT molecular complexity index is 536. The number of hydrogen-bond donors (Lipinski definition) is 1. The molecule has 0 aliphatic heterocycles. The molecule has 0 saturated heterocycles. The molecule has 0 radical (unpaired) electrons. The van der Waals surface area contributed by atoms with Crippen molar-refractivity contribution in [1.82, 2.24) is 0 Å². The monoisotopic (exact) mass is 403 g/mol. The molecule has 1 heteroatoms. The molecule has 0 bridgehead atoms. The van der Waals surface area contributed by atoms with Crippen molar-refractivity contribution in [3.05, 3.63) is 0 Å². The molecule has 2 N–H and O–H groups in total. The minimum Gasteiger partial charge on any atom is -0.328 e. The fourth-order valence-corrected chi connectivity index (χ4v) is 9.29. The summed E-state index contributed by atoms with van der Waals surface area (Å²) in [6, 6.07) is 0.361. The van der Waals surface area contributed by atoms with E-state index >= 15 is 0 Å². The van der Waals surface area contributed by atoms with E-state index in [0.29, 0.717) is 22.3 Å². The molecule has 3 saturated carbocycles. The highest BCUT2D eigenvalue weighted by Gasteiger charge is 2.59. The van der Waals surface area contributed by atoms with Gasteiger partial charge in [0, 0.05) is 6.04 Å². The van der Waals surface area contributed by atoms with Gasteiger partial charge in [0.1, 0.15) is 0 Å². The largest absolute Gasteiger partial charge is 0.328 e. The van der Waals surface area contributed by atoms with Crippen LogP contribution < -0.4 is 5.73 Å². The van der Waals surface area contributed by atoms with Crippen LogP contribution in [0.1, 0.15) is 126 Å². The second-order valence-corrected chi connectivity index (χ2v) is 12.8. The fraction of sp³-hybridized carbons (Fsp3) is 1.00. The molecular weight excluding hydrogens is 350 g/mol. The molecule has 0 aromatic heterocycles. The molecule has 29 heavy (non-hydrogen) atoms. The van der Waals surface area contributed by atoms with Gasteiger partial charge in [-0.05, 0) is 111 Å². The highest BCUT2D eigenvalue weighted by Crippen LogP contribution is 2.67. The molecular formula is C28H53N. The second-order valence-electron chi connectivity index (χ2n) is 12.8. The van der Waals surface area contributed by atoms with Gasteiger partial charge in [0.25, 0.3) is 0 Å². The molecule has 3 fully saturated rings. The fourth-order valence-electron chi connectivity index (χ4n) is 9.29. The number of hydrogen-bond acceptors (Lipinski definition) is 1. The average molecular weight is 404 g/mol. The Morgan fingerprint density at radius 1 is 0.897 bits per heavy atom. The Morgan fingerprint density at radius 2 is 1.59 bits per heavy atom. The number of nitrogens with two attached hydrogens (primary N) is 1. The van der Waals surface area contributed by atoms with Crippen LogP contribution in [0.25, 0.3) is 0 Å². The van der Waals surface area contributed by atoms with Gasteiger partial charge in [0.15, 0.2) is 0 Å². The zero-order chi connectivity index (χ0) is 21.4. The van der Waals surface area contributed by atoms with E-state index in [0.717, 1.165) is 29.6 Å². The maximum absolute atomic E-state index is 6.09. The smallest absolute Gasteiger partial charge is 0.00105 e. The highest BCUT2D eigenvalue weighted by atomic mass is 14.6. The van der Waals surface area contributed by atoms with Crippen LogP contribution in [0, 0.1) is 45.8 Å². The van der Waals surface area contributed by atoms with E-state index < -0.39 is 0 Å². The summed E-state index contributed by atoms with van der Waals surface area (Å²) >= 11 is 0. The first-order valence-corrected chi connectivity index (χ1v) is 13.3. The molecule has 170 valence electrons. The minimum absolute atomic E-state index is 0.361. The van der Waals surface area contributed by atoms with E-state index in [4.69, 9.17) is 5.73 Å². The molecule has 0 aromatic rings. The summed E-state index contributed by atoms with van der Waals surface area (Å²) in [5.41, 5.74) is 7.80. The summed E-state index contributed by atoms with van der Waals surface area (Å²) in [5, 5.41) is 0. The average Bonchev–Trinajstić information content (AvgIpc) is 3.01. The molecule has 0 heterocycles. The van der Waals surface area contributed by atoms with Gasteiger partial charge in [-0.25, -0.2) is 0 Å². The lowest BCUT2D eigenvalue weighted by atomic mass is 9.44. The van der Waals surface area contributed by atoms with Crippen LogP contribution >= 0.6 is 0 Å². The summed E-state index contributed by atoms with van der Waals surface area (Å²) in [7, 11) is 0. The Balaban J connectivity index is 1.78. The van der Waals surface area contributed by atoms with Gasteiger partial charge in [-0.1, -0.05) is 60.8 Å². The topological polar surface area (TPSA) is 26.0 Å². The summed E-state index contributed by atoms with van der Waals surface area (Å²) in [4.78, 5) is 0. The normalized spacial score (nSPS) is 47.6. The van der Waals surface area contributed by atoms with Crippen LogP contribution in [0.15, 0.2) is 0 Å². The van der Waals surface area contributed by atoms with E-state index in [9.17, 15) is 0 Å². The van der Waals surface area contributed by atoms with Crippen molar-refractivity contribution < 1.29 is 0 Å². The predicted molar refractivity (Wildman–Crippen MR) is 128 cm³/mol. The van der Waals surface area contributed by atoms with Gasteiger partial charge in [-0.3, -0.25) is 0 Å². The highest BCUT2D eigenvalue weighted by molar-refractivity contribution is 5.08. The first-order chi connectivity index (χ1) is 13.6. The van der Waals surface area contributed by atoms with Crippen LogP contribution in [0.3, 0.4) is 0 Å². The van der Waals surface area contributed by atoms with Gasteiger partial charge in [0.05, 0.1) is 0 Å². The van der Waals surface area contributed by atoms with E-state index in [-0.39, 0.29) is 0 Å². The molecule has 0 spiro atoms. The first-order valence-electron chi connectivity index (χ1n) is 13.3. The van der Waals surface area contributed by atoms with Crippen molar-refractivity contribution in [3.63, 3.8) is 0 Å². The minimum atomic E-state index is 0.361. The van der Waals surface area contributed by atoms with Crippen molar-refractivity contribution in [1.29, 1.82) is 0 Å². The Hall–Kier alpha value is -0.0400. The van der Waals surface area contributed by atoms with Crippen LogP contribution in [0.5, 0.6) is 0 Å². The number of rotatable bonds is 7. The Labute approximate surface area is 183 Å². The number of fused-ring (bicyclic) bond motifs is 1. The predicted octanol–water partition coefficient (Wildman–Crippen LogP) is 8.22. The molecule has 0 amide bonds. The quantitative estimate of drug-likeness (QED) is 0.455. The molecule has 0 aromatic carbocycles. The summed E-state index contributed by atoms with van der Waals surface area (Å²) in [6.07, 6.45) is 17.1. The molecule has 9 atom stereocenters. The van der Waals surface area contributed by atoms with Crippen molar-refractivity contribution in [2.45, 2.75) is 132 Å². The molecule has 1 nitrogen and oxygen atoms in total. The summed E-state index contributed by atoms with van der Waals surface area (Å²) in [6.45, 7) is 17.9. The van der Waals surface area contributed by atoms with Crippen molar-refractivity contribution in [3.8, 4) is 0 Å². The lowest BCUT2D eigenvalue weighted by Gasteiger charge is -2.60. The summed E-state index contributed by atoms with van der Waals surface area (Å²) < 4.78 is 0. The third kappa shape index (κ3) is 4.08. The molecule has 3 aliphatic rings. The van der Waals surface area contributed by atoms with E-state index in [2.05, 4.69) is 48.5 Å². The maximum Gasteiger partial charge on any atom is 0.00105 e. The van der Waals surface area contributed by atoms with Crippen molar-refractivity contribution in [2.24, 2.45) is 51.6 Å². The van der Waals surface area contributed by atoms with Gasteiger partial charge >= 0.3 is 0 Å². The third-order valence-corrected chi connectivity index (χ3v) is 11.2. The van der Waals surface area contributed by atoms with Crippen LogP contribution in [0.4, 0.5) is 0 Å². The summed E-state index contributed by atoms with van der Waals surface area (Å²) in [5.74, 6) is 4.56. The van der Waals surface area contributed by atoms with Crippen LogP contribution in [0.2, 0.25) is 0 Å². The maximum atomic E-state index is 6.09. The van der Waals surface area contributed by atoms with Gasteiger partial charge in [0.2, 0.25) is 0 Å². The lowest BCUT2D eigenvalue weighted by molar-refractivity contribution is -0.113. The van der Waals surface area contributed by atoms with E-state index in [1.165, 1.54) is 77.0 Å². The van der Waals surface area contributed by atoms with E-state index in [1.807, 2.05) is 0 Å². The van der Waals surface area contributed by atoms with Crippen molar-refractivity contribution in [2.75, 3.05) is 0 Å². The molecule has 3 rings (SSSR count). The standard InChI is InChI=1S/C28H53N/c1-8-16-26(5)17-9-10-18-28(26,7)25-15-19-27(6)23(13-14-24(27)22(25)4)20(2)11-12-21(3)29/h20-25H,8-19,29H2,1-7H3. The van der Waals surface area contributed by atoms with Gasteiger partial charge in [-0.15, -0.1) is 0 Å². The third-order valence-electron chi connectivity index (χ3n) is 11.2. The SMILES string of the molecule is CCCC1(C)CCCCC1(C)C1CCC2(C)C(C(C)CCC(C)N)CCC2C1C. The second kappa shape index (κ2) is 8.84. The van der Waals surface area contributed by atoms with E-state index in [1.54, 1.807) is 0 Å². The van der Waals surface area contributed by atoms with Gasteiger partial charge in [-0.2, -0.15) is 0 Å². The Kier molecular flexibility index (Phi) is 7.20. The first kappa shape index (κ1) is 23.6. The van der Waals surface area contributed by atoms with Gasteiger partial charge < -0.3 is 5.73 Å². The Morgan fingerprint density at radius 3 is 2.24 bits per heavy atom. The van der Waals surface area contributed by atoms with Crippen LogP contribution in [-0.2, 0) is 0 Å². The molecule has 3 aliphatic carbocycles. The molecule has 9 unspecified atom stereocenters. The zero-order valence-corrected chi connectivity index (χ0v) is 21.0. The zero-order valence-electron chi connectivity index (χ0n) is 21.0. The lowest BCUT2D eigenvalue weighted by Crippen LogP contribution is -2.52. The van der Waals surface area contributed by atoms with Crippen LogP contribution in [-0.4, -0.2) is 6.04 Å².